The first-order valence-corrected chi connectivity index (χ1v) is 4.18. The SMILES string of the molecule is CCC(NC=O)[N+](C)(C)CC(=O)O. The van der Waals surface area contributed by atoms with Crippen molar-refractivity contribution in [3.05, 3.63) is 0 Å². The summed E-state index contributed by atoms with van der Waals surface area (Å²) < 4.78 is 0.255. The zero-order valence-corrected chi connectivity index (χ0v) is 8.28. The van der Waals surface area contributed by atoms with Crippen LogP contribution in [0.3, 0.4) is 0 Å². The summed E-state index contributed by atoms with van der Waals surface area (Å²) in [5.41, 5.74) is 0. The second kappa shape index (κ2) is 4.81. The molecule has 0 spiro atoms. The maximum absolute atomic E-state index is 10.5. The van der Waals surface area contributed by atoms with Gasteiger partial charge in [0, 0.05) is 6.42 Å². The van der Waals surface area contributed by atoms with Crippen LogP contribution in [-0.4, -0.2) is 48.8 Å². The molecule has 1 amide bonds. The van der Waals surface area contributed by atoms with E-state index in [1.807, 2.05) is 6.92 Å². The number of quaternary nitrogens is 1. The van der Waals surface area contributed by atoms with Crippen molar-refractivity contribution in [1.29, 1.82) is 0 Å². The molecule has 2 N–H and O–H groups in total. The van der Waals surface area contributed by atoms with Gasteiger partial charge in [0.15, 0.2) is 12.7 Å². The van der Waals surface area contributed by atoms with Gasteiger partial charge in [0.2, 0.25) is 6.41 Å². The molecular formula is C8H17N2O3+. The summed E-state index contributed by atoms with van der Waals surface area (Å²) in [6.45, 7) is 1.91. The predicted molar refractivity (Wildman–Crippen MR) is 47.9 cm³/mol. The van der Waals surface area contributed by atoms with Gasteiger partial charge in [0.05, 0.1) is 14.1 Å². The Morgan fingerprint density at radius 2 is 2.15 bits per heavy atom. The molecule has 0 fully saturated rings. The van der Waals surface area contributed by atoms with E-state index < -0.39 is 5.97 Å². The number of nitrogens with zero attached hydrogens (tertiary/aromatic N) is 1. The van der Waals surface area contributed by atoms with E-state index in [9.17, 15) is 9.59 Å². The van der Waals surface area contributed by atoms with Gasteiger partial charge in [-0.05, 0) is 0 Å². The minimum Gasteiger partial charge on any atom is -0.477 e. The maximum Gasteiger partial charge on any atom is 0.359 e. The molecule has 5 heteroatoms. The standard InChI is InChI=1S/C8H16N2O3/c1-4-7(9-6-11)10(2,3)5-8(12)13/h6-7H,4-5H2,1-3H3,(H-,9,11,12,13)/p+1. The van der Waals surface area contributed by atoms with Crippen LogP contribution in [0, 0.1) is 0 Å². The highest BCUT2D eigenvalue weighted by atomic mass is 16.4. The first-order valence-electron chi connectivity index (χ1n) is 4.18. The Labute approximate surface area is 77.9 Å². The number of hydrogen-bond acceptors (Lipinski definition) is 2. The lowest BCUT2D eigenvalue weighted by Gasteiger charge is -2.35. The average molecular weight is 189 g/mol. The molecular weight excluding hydrogens is 172 g/mol. The number of nitrogens with one attached hydrogen (secondary N) is 1. The normalized spacial score (nSPS) is 13.5. The summed E-state index contributed by atoms with van der Waals surface area (Å²) in [7, 11) is 3.55. The van der Waals surface area contributed by atoms with Crippen molar-refractivity contribution in [3.63, 3.8) is 0 Å². The van der Waals surface area contributed by atoms with E-state index in [4.69, 9.17) is 5.11 Å². The monoisotopic (exact) mass is 189 g/mol. The van der Waals surface area contributed by atoms with Gasteiger partial charge in [-0.15, -0.1) is 0 Å². The summed E-state index contributed by atoms with van der Waals surface area (Å²) in [4.78, 5) is 20.7. The lowest BCUT2D eigenvalue weighted by Crippen LogP contribution is -2.57. The van der Waals surface area contributed by atoms with Crippen molar-refractivity contribution < 1.29 is 19.2 Å². The fraction of sp³-hybridized carbons (Fsp3) is 0.750. The molecule has 0 rings (SSSR count). The highest BCUT2D eigenvalue weighted by Gasteiger charge is 2.28. The van der Waals surface area contributed by atoms with Gasteiger partial charge < -0.3 is 10.4 Å². The molecule has 0 saturated heterocycles. The smallest absolute Gasteiger partial charge is 0.359 e. The van der Waals surface area contributed by atoms with Gasteiger partial charge in [-0.25, -0.2) is 4.79 Å². The van der Waals surface area contributed by atoms with Crippen molar-refractivity contribution in [2.24, 2.45) is 0 Å². The van der Waals surface area contributed by atoms with E-state index in [0.717, 1.165) is 0 Å². The summed E-state index contributed by atoms with van der Waals surface area (Å²) in [6.07, 6.45) is 1.17. The predicted octanol–water partition coefficient (Wildman–Crippen LogP) is -0.370. The van der Waals surface area contributed by atoms with Gasteiger partial charge in [-0.2, -0.15) is 0 Å². The van der Waals surface area contributed by atoms with Crippen LogP contribution in [0.4, 0.5) is 0 Å². The number of carboxylic acid groups (broad SMARTS) is 1. The van der Waals surface area contributed by atoms with Crippen LogP contribution in [0.2, 0.25) is 0 Å². The third kappa shape index (κ3) is 3.89. The quantitative estimate of drug-likeness (QED) is 0.340. The van der Waals surface area contributed by atoms with Gasteiger partial charge in [0.1, 0.15) is 0 Å². The molecule has 1 unspecified atom stereocenters. The van der Waals surface area contributed by atoms with E-state index in [1.165, 1.54) is 0 Å². The summed E-state index contributed by atoms with van der Waals surface area (Å²) in [5.74, 6) is -0.865. The molecule has 0 bridgehead atoms. The van der Waals surface area contributed by atoms with E-state index in [2.05, 4.69) is 5.32 Å². The van der Waals surface area contributed by atoms with Gasteiger partial charge in [0.25, 0.3) is 0 Å². The molecule has 13 heavy (non-hydrogen) atoms. The van der Waals surface area contributed by atoms with Crippen LogP contribution >= 0.6 is 0 Å². The highest BCUT2D eigenvalue weighted by Crippen LogP contribution is 2.06. The molecule has 0 aliphatic heterocycles. The minimum absolute atomic E-state index is 0.000648. The molecule has 0 saturated carbocycles. The zero-order chi connectivity index (χ0) is 10.5. The Balaban J connectivity index is 4.35. The third-order valence-electron chi connectivity index (χ3n) is 2.03. The van der Waals surface area contributed by atoms with Crippen molar-refractivity contribution in [2.75, 3.05) is 20.6 Å². The number of carbonyl (C=O) groups is 2. The Bertz CT molecular complexity index is 192. The van der Waals surface area contributed by atoms with Gasteiger partial charge in [-0.3, -0.25) is 9.28 Å². The first kappa shape index (κ1) is 11.9. The summed E-state index contributed by atoms with van der Waals surface area (Å²) in [5, 5.41) is 11.2. The van der Waals surface area contributed by atoms with Crippen molar-refractivity contribution >= 4 is 12.4 Å². The number of rotatable bonds is 6. The number of aliphatic carboxylic acids is 1. The largest absolute Gasteiger partial charge is 0.477 e. The maximum atomic E-state index is 10.5. The number of hydrogen-bond donors (Lipinski definition) is 2. The van der Waals surface area contributed by atoms with Crippen molar-refractivity contribution in [2.45, 2.75) is 19.5 Å². The summed E-state index contributed by atoms with van der Waals surface area (Å²) >= 11 is 0. The van der Waals surface area contributed by atoms with Crippen LogP contribution in [0.25, 0.3) is 0 Å². The van der Waals surface area contributed by atoms with Crippen LogP contribution in [-0.2, 0) is 9.59 Å². The van der Waals surface area contributed by atoms with E-state index in [1.54, 1.807) is 14.1 Å². The second-order valence-corrected chi connectivity index (χ2v) is 3.54. The lowest BCUT2D eigenvalue weighted by atomic mass is 10.3. The van der Waals surface area contributed by atoms with Crippen LogP contribution in [0.15, 0.2) is 0 Å². The molecule has 0 aliphatic rings. The van der Waals surface area contributed by atoms with E-state index in [0.29, 0.717) is 12.8 Å². The molecule has 0 aromatic carbocycles. The molecule has 1 atom stereocenters. The van der Waals surface area contributed by atoms with E-state index in [-0.39, 0.29) is 17.2 Å². The van der Waals surface area contributed by atoms with Gasteiger partial charge >= 0.3 is 5.97 Å². The average Bonchev–Trinajstić information content (AvgIpc) is 1.97. The number of likely N-dealkylation sites (N-methyl/N-ethyl adjacent to an activating group) is 1. The Morgan fingerprint density at radius 1 is 1.62 bits per heavy atom. The number of carbonyl (C=O) groups excluding carboxylic acids is 1. The number of amides is 1. The second-order valence-electron chi connectivity index (χ2n) is 3.54. The van der Waals surface area contributed by atoms with Gasteiger partial charge in [-0.1, -0.05) is 6.92 Å². The Kier molecular flexibility index (Phi) is 4.40. The molecule has 0 aromatic heterocycles. The molecule has 0 aliphatic carbocycles. The van der Waals surface area contributed by atoms with Crippen molar-refractivity contribution in [1.82, 2.24) is 5.32 Å². The summed E-state index contributed by atoms with van der Waals surface area (Å²) in [6, 6.07) is 0. The Hall–Kier alpha value is -1.10. The topological polar surface area (TPSA) is 66.4 Å². The fourth-order valence-corrected chi connectivity index (χ4v) is 1.35. The first-order chi connectivity index (χ1) is 5.94. The van der Waals surface area contributed by atoms with Crippen molar-refractivity contribution in [3.8, 4) is 0 Å². The van der Waals surface area contributed by atoms with E-state index >= 15 is 0 Å². The van der Waals surface area contributed by atoms with Crippen LogP contribution in [0.5, 0.6) is 0 Å². The third-order valence-corrected chi connectivity index (χ3v) is 2.03. The molecule has 76 valence electrons. The molecule has 0 radical (unpaired) electrons. The molecule has 0 aromatic rings. The van der Waals surface area contributed by atoms with Crippen LogP contribution < -0.4 is 5.32 Å². The lowest BCUT2D eigenvalue weighted by molar-refractivity contribution is -0.910. The minimum atomic E-state index is -0.865. The number of carboxylic acids is 1. The zero-order valence-electron chi connectivity index (χ0n) is 8.28. The van der Waals surface area contributed by atoms with Crippen LogP contribution in [0.1, 0.15) is 13.3 Å². The Morgan fingerprint density at radius 3 is 2.46 bits per heavy atom. The molecule has 5 nitrogen and oxygen atoms in total. The highest BCUT2D eigenvalue weighted by molar-refractivity contribution is 5.67. The molecule has 0 heterocycles. The fourth-order valence-electron chi connectivity index (χ4n) is 1.35.